The molecule has 0 heterocycles. The summed E-state index contributed by atoms with van der Waals surface area (Å²) in [5.74, 6) is 1.28. The molecule has 0 saturated carbocycles. The first-order chi connectivity index (χ1) is 12.9. The fourth-order valence-electron chi connectivity index (χ4n) is 2.16. The topological polar surface area (TPSA) is 79.2 Å². The first-order valence-corrected chi connectivity index (χ1v) is 11.0. The number of benzene rings is 2. The Hall–Kier alpha value is -2.14. The first-order valence-electron chi connectivity index (χ1n) is 8.11. The van der Waals surface area contributed by atoms with E-state index in [4.69, 9.17) is 16.3 Å². The van der Waals surface area contributed by atoms with Gasteiger partial charge in [0.15, 0.2) is 4.91 Å². The van der Waals surface area contributed by atoms with Crippen LogP contribution in [0.4, 0.5) is 5.69 Å². The fourth-order valence-corrected chi connectivity index (χ4v) is 4.71. The molecule has 0 amide bonds. The number of sulfone groups is 1. The van der Waals surface area contributed by atoms with E-state index in [1.165, 1.54) is 36.0 Å². The standard InChI is InChI=1S/C19H19ClN2O3S2/c1-3-11-26-19(22-15-5-4-6-16(12-15)25-2)18(13-21)27(23,24)17-9-7-14(20)8-10-17/h4-10,12,22H,3,11H2,1-2H3/b19-18-. The lowest BCUT2D eigenvalue weighted by atomic mass is 10.3. The van der Waals surface area contributed by atoms with Crippen LogP contribution in [0.25, 0.3) is 0 Å². The van der Waals surface area contributed by atoms with Crippen molar-refractivity contribution in [1.82, 2.24) is 0 Å². The zero-order valence-corrected chi connectivity index (χ0v) is 17.3. The van der Waals surface area contributed by atoms with Crippen molar-refractivity contribution >= 4 is 38.9 Å². The zero-order valence-electron chi connectivity index (χ0n) is 14.9. The predicted octanol–water partition coefficient (Wildman–Crippen LogP) is 5.07. The minimum absolute atomic E-state index is 0.0190. The van der Waals surface area contributed by atoms with Crippen LogP contribution in [-0.2, 0) is 9.84 Å². The summed E-state index contributed by atoms with van der Waals surface area (Å²) in [6, 6.07) is 14.7. The van der Waals surface area contributed by atoms with Crippen molar-refractivity contribution in [3.63, 3.8) is 0 Å². The highest BCUT2D eigenvalue weighted by molar-refractivity contribution is 8.04. The third-order valence-electron chi connectivity index (χ3n) is 3.48. The van der Waals surface area contributed by atoms with Crippen LogP contribution in [-0.4, -0.2) is 21.3 Å². The number of hydrogen-bond acceptors (Lipinski definition) is 6. The van der Waals surface area contributed by atoms with Crippen LogP contribution in [0, 0.1) is 11.3 Å². The van der Waals surface area contributed by atoms with Gasteiger partial charge in [-0.25, -0.2) is 8.42 Å². The molecule has 0 spiro atoms. The van der Waals surface area contributed by atoms with Crippen LogP contribution in [0.3, 0.4) is 0 Å². The molecule has 2 rings (SSSR count). The van der Waals surface area contributed by atoms with Gasteiger partial charge in [0.25, 0.3) is 0 Å². The van der Waals surface area contributed by atoms with Gasteiger partial charge in [0.2, 0.25) is 9.84 Å². The van der Waals surface area contributed by atoms with Crippen molar-refractivity contribution in [2.75, 3.05) is 18.2 Å². The maximum Gasteiger partial charge on any atom is 0.219 e. The summed E-state index contributed by atoms with van der Waals surface area (Å²) < 4.78 is 31.2. The molecule has 0 aliphatic rings. The summed E-state index contributed by atoms with van der Waals surface area (Å²) in [4.78, 5) is -0.309. The van der Waals surface area contributed by atoms with Gasteiger partial charge in [0, 0.05) is 16.8 Å². The number of ether oxygens (including phenoxy) is 1. The molecule has 1 N–H and O–H groups in total. The van der Waals surface area contributed by atoms with Crippen molar-refractivity contribution in [1.29, 1.82) is 5.26 Å². The average molecular weight is 423 g/mol. The van der Waals surface area contributed by atoms with Crippen molar-refractivity contribution in [3.05, 3.63) is 63.5 Å². The normalized spacial score (nSPS) is 12.1. The predicted molar refractivity (Wildman–Crippen MR) is 111 cm³/mol. The van der Waals surface area contributed by atoms with Crippen LogP contribution >= 0.6 is 23.4 Å². The van der Waals surface area contributed by atoms with Gasteiger partial charge in [-0.1, -0.05) is 24.6 Å². The molecule has 0 aliphatic heterocycles. The Morgan fingerprint density at radius 3 is 2.56 bits per heavy atom. The van der Waals surface area contributed by atoms with Crippen molar-refractivity contribution in [2.45, 2.75) is 18.2 Å². The minimum atomic E-state index is -3.99. The molecule has 0 atom stereocenters. The molecule has 8 heteroatoms. The van der Waals surface area contributed by atoms with Gasteiger partial charge in [-0.15, -0.1) is 11.8 Å². The monoisotopic (exact) mass is 422 g/mol. The molecule has 0 fully saturated rings. The number of nitriles is 1. The summed E-state index contributed by atoms with van der Waals surface area (Å²) in [6.07, 6.45) is 0.827. The van der Waals surface area contributed by atoms with E-state index in [0.717, 1.165) is 6.42 Å². The molecule has 142 valence electrons. The number of methoxy groups -OCH3 is 1. The average Bonchev–Trinajstić information content (AvgIpc) is 2.66. The number of nitrogens with zero attached hydrogens (tertiary/aromatic N) is 1. The SMILES string of the molecule is CCCS/C(Nc1cccc(OC)c1)=C(/C#N)S(=O)(=O)c1ccc(Cl)cc1. The number of rotatable bonds is 8. The number of thioether (sulfide) groups is 1. The summed E-state index contributed by atoms with van der Waals surface area (Å²) >= 11 is 7.13. The third kappa shape index (κ3) is 5.42. The van der Waals surface area contributed by atoms with Crippen LogP contribution < -0.4 is 10.1 Å². The van der Waals surface area contributed by atoms with E-state index in [1.54, 1.807) is 31.4 Å². The van der Waals surface area contributed by atoms with E-state index in [1.807, 2.05) is 13.0 Å². The zero-order chi connectivity index (χ0) is 19.9. The molecular formula is C19H19ClN2O3S2. The number of nitrogens with one attached hydrogen (secondary N) is 1. The Morgan fingerprint density at radius 1 is 1.26 bits per heavy atom. The Labute approximate surface area is 168 Å². The number of allylic oxidation sites excluding steroid dienone is 1. The van der Waals surface area contributed by atoms with Gasteiger partial charge in [-0.05, 0) is 48.6 Å². The lowest BCUT2D eigenvalue weighted by molar-refractivity contribution is 0.415. The second kappa shape index (κ2) is 9.70. The highest BCUT2D eigenvalue weighted by Gasteiger charge is 2.25. The highest BCUT2D eigenvalue weighted by atomic mass is 35.5. The number of hydrogen-bond donors (Lipinski definition) is 1. The maximum atomic E-state index is 13.0. The van der Waals surface area contributed by atoms with E-state index < -0.39 is 9.84 Å². The van der Waals surface area contributed by atoms with E-state index in [2.05, 4.69) is 5.32 Å². The second-order valence-electron chi connectivity index (χ2n) is 5.43. The third-order valence-corrected chi connectivity index (χ3v) is 6.79. The fraction of sp³-hybridized carbons (Fsp3) is 0.211. The Morgan fingerprint density at radius 2 is 1.96 bits per heavy atom. The smallest absolute Gasteiger partial charge is 0.219 e. The number of halogens is 1. The molecule has 0 unspecified atom stereocenters. The van der Waals surface area contributed by atoms with Crippen LogP contribution in [0.15, 0.2) is 63.4 Å². The molecule has 5 nitrogen and oxygen atoms in total. The lowest BCUT2D eigenvalue weighted by Gasteiger charge is -2.14. The van der Waals surface area contributed by atoms with Gasteiger partial charge >= 0.3 is 0 Å². The summed E-state index contributed by atoms with van der Waals surface area (Å²) in [5, 5.41) is 13.4. The van der Waals surface area contributed by atoms with Crippen LogP contribution in [0.2, 0.25) is 5.02 Å². The molecule has 27 heavy (non-hydrogen) atoms. The van der Waals surface area contributed by atoms with Gasteiger partial charge in [-0.3, -0.25) is 0 Å². The first kappa shape index (κ1) is 21.2. The van der Waals surface area contributed by atoms with E-state index in [9.17, 15) is 13.7 Å². The summed E-state index contributed by atoms with van der Waals surface area (Å²) in [6.45, 7) is 1.98. The quantitative estimate of drug-likeness (QED) is 0.598. The van der Waals surface area contributed by atoms with E-state index in [-0.39, 0.29) is 14.8 Å². The largest absolute Gasteiger partial charge is 0.497 e. The van der Waals surface area contributed by atoms with E-state index >= 15 is 0 Å². The summed E-state index contributed by atoms with van der Waals surface area (Å²) in [7, 11) is -2.44. The molecule has 0 radical (unpaired) electrons. The molecule has 0 aliphatic carbocycles. The molecule has 0 bridgehead atoms. The lowest BCUT2D eigenvalue weighted by Crippen LogP contribution is -2.10. The maximum absolute atomic E-state index is 13.0. The number of anilines is 1. The van der Waals surface area contributed by atoms with Gasteiger partial charge in [0.05, 0.1) is 12.0 Å². The van der Waals surface area contributed by atoms with Crippen molar-refractivity contribution in [2.24, 2.45) is 0 Å². The van der Waals surface area contributed by atoms with Crippen LogP contribution in [0.5, 0.6) is 5.75 Å². The van der Waals surface area contributed by atoms with Gasteiger partial charge in [-0.2, -0.15) is 5.26 Å². The van der Waals surface area contributed by atoms with E-state index in [0.29, 0.717) is 22.2 Å². The highest BCUT2D eigenvalue weighted by Crippen LogP contribution is 2.31. The molecule has 0 saturated heterocycles. The molecular weight excluding hydrogens is 404 g/mol. The Balaban J connectivity index is 2.52. The Kier molecular flexibility index (Phi) is 7.60. The minimum Gasteiger partial charge on any atom is -0.497 e. The van der Waals surface area contributed by atoms with Crippen LogP contribution in [0.1, 0.15) is 13.3 Å². The molecule has 2 aromatic rings. The van der Waals surface area contributed by atoms with Gasteiger partial charge < -0.3 is 10.1 Å². The molecule has 0 aromatic heterocycles. The summed E-state index contributed by atoms with van der Waals surface area (Å²) in [5.41, 5.74) is 0.631. The molecule has 2 aromatic carbocycles. The van der Waals surface area contributed by atoms with Crippen molar-refractivity contribution in [3.8, 4) is 11.8 Å². The van der Waals surface area contributed by atoms with Gasteiger partial charge in [0.1, 0.15) is 16.8 Å². The van der Waals surface area contributed by atoms with Crippen molar-refractivity contribution < 1.29 is 13.2 Å². The Bertz CT molecular complexity index is 965. The second-order valence-corrected chi connectivity index (χ2v) is 8.86.